The third-order valence-corrected chi connectivity index (χ3v) is 2.99. The Hall–Kier alpha value is 0.177. The maximum absolute atomic E-state index is 8.95. The Kier molecular flexibility index (Phi) is 2.02. The zero-order chi connectivity index (χ0) is 6.08. The molecular weight excluding hydrogens is 104 g/mol. The Labute approximate surface area is 48.2 Å². The summed E-state index contributed by atoms with van der Waals surface area (Å²) in [6.45, 7) is 6.14. The lowest BCUT2D eigenvalue weighted by Gasteiger charge is -2.21. The fraction of sp³-hybridized carbons (Fsp3) is 1.00. The topological polar surface area (TPSA) is 20.2 Å². The van der Waals surface area contributed by atoms with Gasteiger partial charge in [-0.05, 0) is 5.41 Å². The molecule has 0 bridgehead atoms. The Bertz CT molecular complexity index is 53.6. The van der Waals surface area contributed by atoms with Crippen molar-refractivity contribution in [3.05, 3.63) is 0 Å². The molecule has 1 atom stereocenters. The third-order valence-electron chi connectivity index (χ3n) is 1.25. The van der Waals surface area contributed by atoms with Gasteiger partial charge in [-0.25, -0.2) is 0 Å². The molecule has 44 valence electrons. The molecular formula is C5H14OSi. The van der Waals surface area contributed by atoms with Crippen LogP contribution in [0.3, 0.4) is 0 Å². The summed E-state index contributed by atoms with van der Waals surface area (Å²) < 4.78 is 0. The first-order chi connectivity index (χ1) is 2.94. The van der Waals surface area contributed by atoms with Crippen LogP contribution in [0.5, 0.6) is 0 Å². The third kappa shape index (κ3) is 2.82. The minimum absolute atomic E-state index is 0.0625. The van der Waals surface area contributed by atoms with Gasteiger partial charge in [0.05, 0.1) is 0 Å². The van der Waals surface area contributed by atoms with Crippen molar-refractivity contribution >= 4 is 10.2 Å². The Morgan fingerprint density at radius 2 is 1.57 bits per heavy atom. The molecule has 0 rings (SSSR count). The molecule has 2 heteroatoms. The number of hydrogen-bond donors (Lipinski definition) is 1. The molecule has 0 radical (unpaired) electrons. The Balaban J connectivity index is 3.54. The van der Waals surface area contributed by atoms with Crippen molar-refractivity contribution in [2.45, 2.75) is 26.5 Å². The van der Waals surface area contributed by atoms with Crippen molar-refractivity contribution in [2.24, 2.45) is 5.41 Å². The van der Waals surface area contributed by atoms with Gasteiger partial charge in [0.25, 0.3) is 0 Å². The molecule has 0 aliphatic carbocycles. The molecule has 0 aromatic rings. The van der Waals surface area contributed by atoms with Crippen LogP contribution in [0, 0.1) is 5.41 Å². The van der Waals surface area contributed by atoms with Crippen molar-refractivity contribution in [1.29, 1.82) is 0 Å². The fourth-order valence-electron chi connectivity index (χ4n) is 0. The fourth-order valence-corrected chi connectivity index (χ4v) is 0. The van der Waals surface area contributed by atoms with E-state index >= 15 is 0 Å². The standard InChI is InChI=1S/C5H14OSi/c1-5(2,3)4(6)7/h4,6H,1-3,7H3. The van der Waals surface area contributed by atoms with Gasteiger partial charge in [-0.2, -0.15) is 0 Å². The van der Waals surface area contributed by atoms with Crippen LogP contribution in [-0.4, -0.2) is 21.1 Å². The summed E-state index contributed by atoms with van der Waals surface area (Å²) in [4.78, 5) is 0. The summed E-state index contributed by atoms with van der Waals surface area (Å²) >= 11 is 0. The molecule has 0 aromatic carbocycles. The molecule has 0 fully saturated rings. The Morgan fingerprint density at radius 3 is 1.57 bits per heavy atom. The van der Waals surface area contributed by atoms with Crippen LogP contribution in [0.25, 0.3) is 0 Å². The highest BCUT2D eigenvalue weighted by Gasteiger charge is 2.15. The van der Waals surface area contributed by atoms with Gasteiger partial charge in [0, 0.05) is 16.0 Å². The second kappa shape index (κ2) is 1.97. The largest absolute Gasteiger partial charge is 0.397 e. The summed E-state index contributed by atoms with van der Waals surface area (Å²) in [5.74, 6) is 0. The molecule has 0 aromatic heterocycles. The van der Waals surface area contributed by atoms with Crippen LogP contribution in [-0.2, 0) is 0 Å². The van der Waals surface area contributed by atoms with Crippen LogP contribution in [0.1, 0.15) is 20.8 Å². The summed E-state index contributed by atoms with van der Waals surface area (Å²) in [7, 11) is 0.883. The van der Waals surface area contributed by atoms with Crippen molar-refractivity contribution < 1.29 is 5.11 Å². The molecule has 1 N–H and O–H groups in total. The first-order valence-electron chi connectivity index (χ1n) is 2.62. The van der Waals surface area contributed by atoms with E-state index in [1.54, 1.807) is 0 Å². The molecule has 0 spiro atoms. The highest BCUT2D eigenvalue weighted by atomic mass is 28.1. The lowest BCUT2D eigenvalue weighted by Crippen LogP contribution is -2.25. The first kappa shape index (κ1) is 7.18. The average molecular weight is 118 g/mol. The quantitative estimate of drug-likeness (QED) is 0.434. The minimum Gasteiger partial charge on any atom is -0.397 e. The second-order valence-corrected chi connectivity index (χ2v) is 4.14. The average Bonchev–Trinajstić information content (AvgIpc) is 1.31. The number of hydrogen-bond acceptors (Lipinski definition) is 1. The lowest BCUT2D eigenvalue weighted by atomic mass is 9.98. The van der Waals surface area contributed by atoms with E-state index in [-0.39, 0.29) is 11.1 Å². The predicted molar refractivity (Wildman–Crippen MR) is 35.4 cm³/mol. The van der Waals surface area contributed by atoms with Crippen LogP contribution in [0.2, 0.25) is 0 Å². The highest BCUT2D eigenvalue weighted by molar-refractivity contribution is 6.11. The van der Waals surface area contributed by atoms with Gasteiger partial charge in [0.1, 0.15) is 0 Å². The van der Waals surface area contributed by atoms with Gasteiger partial charge < -0.3 is 5.11 Å². The van der Waals surface area contributed by atoms with Crippen molar-refractivity contribution in [2.75, 3.05) is 0 Å². The van der Waals surface area contributed by atoms with Gasteiger partial charge in [-0.15, -0.1) is 0 Å². The molecule has 0 saturated heterocycles. The van der Waals surface area contributed by atoms with Gasteiger partial charge >= 0.3 is 0 Å². The van der Waals surface area contributed by atoms with Crippen LogP contribution < -0.4 is 0 Å². The SMILES string of the molecule is CC(C)(C)C(O)[SiH3]. The van der Waals surface area contributed by atoms with E-state index in [0.29, 0.717) is 0 Å². The summed E-state index contributed by atoms with van der Waals surface area (Å²) in [6.07, 6.45) is 0. The van der Waals surface area contributed by atoms with Crippen molar-refractivity contribution in [3.8, 4) is 0 Å². The maximum atomic E-state index is 8.95. The van der Waals surface area contributed by atoms with Crippen LogP contribution in [0.15, 0.2) is 0 Å². The monoisotopic (exact) mass is 118 g/mol. The van der Waals surface area contributed by atoms with E-state index in [9.17, 15) is 0 Å². The molecule has 0 heterocycles. The zero-order valence-electron chi connectivity index (χ0n) is 5.52. The van der Waals surface area contributed by atoms with Crippen molar-refractivity contribution in [3.63, 3.8) is 0 Å². The van der Waals surface area contributed by atoms with Crippen LogP contribution >= 0.6 is 0 Å². The number of rotatable bonds is 0. The van der Waals surface area contributed by atoms with E-state index in [4.69, 9.17) is 5.11 Å². The minimum atomic E-state index is -0.0625. The lowest BCUT2D eigenvalue weighted by molar-refractivity contribution is 0.135. The van der Waals surface area contributed by atoms with Gasteiger partial charge in [-0.3, -0.25) is 0 Å². The highest BCUT2D eigenvalue weighted by Crippen LogP contribution is 2.15. The molecule has 1 nitrogen and oxygen atoms in total. The summed E-state index contributed by atoms with van der Waals surface area (Å²) in [5, 5.41) is 8.95. The van der Waals surface area contributed by atoms with Gasteiger partial charge in [0.2, 0.25) is 0 Å². The second-order valence-electron chi connectivity index (χ2n) is 3.04. The molecule has 0 aliphatic rings. The molecule has 7 heavy (non-hydrogen) atoms. The zero-order valence-corrected chi connectivity index (χ0v) is 7.52. The first-order valence-corrected chi connectivity index (χ1v) is 3.78. The normalized spacial score (nSPS) is 17.1. The predicted octanol–water partition coefficient (Wildman–Crippen LogP) is -0.284. The van der Waals surface area contributed by atoms with Crippen molar-refractivity contribution in [1.82, 2.24) is 0 Å². The molecule has 1 unspecified atom stereocenters. The van der Waals surface area contributed by atoms with E-state index in [0.717, 1.165) is 10.2 Å². The Morgan fingerprint density at radius 1 is 1.43 bits per heavy atom. The number of aliphatic hydroxyl groups excluding tert-OH is 1. The summed E-state index contributed by atoms with van der Waals surface area (Å²) in [5.41, 5.74) is 0.0548. The van der Waals surface area contributed by atoms with E-state index in [1.807, 2.05) is 20.8 Å². The summed E-state index contributed by atoms with van der Waals surface area (Å²) in [6, 6.07) is 0. The van der Waals surface area contributed by atoms with Gasteiger partial charge in [-0.1, -0.05) is 20.8 Å². The van der Waals surface area contributed by atoms with Gasteiger partial charge in [0.15, 0.2) is 0 Å². The maximum Gasteiger partial charge on any atom is 0.0397 e. The van der Waals surface area contributed by atoms with Crippen LogP contribution in [0.4, 0.5) is 0 Å². The van der Waals surface area contributed by atoms with E-state index in [1.165, 1.54) is 0 Å². The molecule has 0 amide bonds. The molecule has 0 saturated carbocycles. The smallest absolute Gasteiger partial charge is 0.0397 e. The number of aliphatic hydroxyl groups is 1. The van der Waals surface area contributed by atoms with E-state index in [2.05, 4.69) is 0 Å². The van der Waals surface area contributed by atoms with E-state index < -0.39 is 0 Å². The molecule has 0 aliphatic heterocycles.